The second-order valence-corrected chi connectivity index (χ2v) is 17.9. The number of phenolic OH excluding ortho intramolecular Hbond substituents is 1. The van der Waals surface area contributed by atoms with Crippen LogP contribution in [0.2, 0.25) is 0 Å². The van der Waals surface area contributed by atoms with Gasteiger partial charge < -0.3 is 14.9 Å². The first-order valence-electron chi connectivity index (χ1n) is 14.7. The minimum absolute atomic E-state index is 0.0311. The standard InChI is InChI=1S/C31H28N4O14S4/c1-17-9-26(34-35-30-29(53(46,47)48)12-20-10-18(16-50(2,38)39)3-6-23(20)31(30)37)27(49-8-7-36)15-25(17)33-32-21-5-4-19-11-22(51(40,41)42)14-28(24(19)13-21)52(43,44)45/h3-6,9-15,36-37H,7-8,16H2,1-2H3,(H,40,41,42)(H,43,44,45)(H,46,47,48). The number of nitrogens with zero attached hydrogens (tertiary/aromatic N) is 4. The number of fused-ring (bicyclic) bond motifs is 2. The highest BCUT2D eigenvalue weighted by Crippen LogP contribution is 2.43. The van der Waals surface area contributed by atoms with Gasteiger partial charge in [0.25, 0.3) is 30.4 Å². The average molecular weight is 809 g/mol. The van der Waals surface area contributed by atoms with Crippen molar-refractivity contribution in [2.24, 2.45) is 20.5 Å². The lowest BCUT2D eigenvalue weighted by Crippen LogP contribution is -2.04. The Bertz CT molecular complexity index is 2820. The molecule has 0 unspecified atom stereocenters. The average Bonchev–Trinajstić information content (AvgIpc) is 3.04. The number of phenols is 1. The third-order valence-electron chi connectivity index (χ3n) is 7.43. The molecule has 0 fully saturated rings. The number of aryl methyl sites for hydroxylation is 1. The van der Waals surface area contributed by atoms with Gasteiger partial charge in [-0.1, -0.05) is 18.2 Å². The summed E-state index contributed by atoms with van der Waals surface area (Å²) in [5.74, 6) is -1.10. The third kappa shape index (κ3) is 9.17. The predicted molar refractivity (Wildman–Crippen MR) is 190 cm³/mol. The zero-order valence-corrected chi connectivity index (χ0v) is 30.6. The van der Waals surface area contributed by atoms with Gasteiger partial charge in [-0.25, -0.2) is 8.42 Å². The van der Waals surface area contributed by atoms with Crippen molar-refractivity contribution in [1.29, 1.82) is 0 Å². The molecule has 0 aliphatic heterocycles. The molecule has 280 valence electrons. The summed E-state index contributed by atoms with van der Waals surface area (Å²) in [6.07, 6.45) is 1.01. The van der Waals surface area contributed by atoms with E-state index < -0.39 is 72.9 Å². The molecule has 5 aromatic carbocycles. The first-order chi connectivity index (χ1) is 24.5. The van der Waals surface area contributed by atoms with Crippen LogP contribution in [-0.4, -0.2) is 77.0 Å². The Morgan fingerprint density at radius 3 is 1.96 bits per heavy atom. The monoisotopic (exact) mass is 808 g/mol. The molecular weight excluding hydrogens is 781 g/mol. The van der Waals surface area contributed by atoms with Crippen molar-refractivity contribution in [1.82, 2.24) is 0 Å². The summed E-state index contributed by atoms with van der Waals surface area (Å²) in [4.78, 5) is -2.40. The molecule has 0 spiro atoms. The Morgan fingerprint density at radius 2 is 1.34 bits per heavy atom. The van der Waals surface area contributed by atoms with E-state index in [0.29, 0.717) is 17.2 Å². The summed E-state index contributed by atoms with van der Waals surface area (Å²) < 4.78 is 130. The number of aliphatic hydroxyl groups excluding tert-OH is 1. The van der Waals surface area contributed by atoms with Gasteiger partial charge in [-0.05, 0) is 71.3 Å². The number of rotatable bonds is 12. The number of aliphatic hydroxyl groups is 1. The van der Waals surface area contributed by atoms with Gasteiger partial charge in [-0.15, -0.1) is 10.2 Å². The number of ether oxygens (including phenoxy) is 1. The number of aromatic hydroxyl groups is 1. The van der Waals surface area contributed by atoms with Gasteiger partial charge in [-0.3, -0.25) is 13.7 Å². The lowest BCUT2D eigenvalue weighted by atomic mass is 10.1. The van der Waals surface area contributed by atoms with Crippen LogP contribution in [0.25, 0.3) is 21.5 Å². The van der Waals surface area contributed by atoms with Crippen molar-refractivity contribution >= 4 is 84.5 Å². The van der Waals surface area contributed by atoms with E-state index in [2.05, 4.69) is 20.5 Å². The molecule has 0 aliphatic carbocycles. The molecule has 18 nitrogen and oxygen atoms in total. The summed E-state index contributed by atoms with van der Waals surface area (Å²) in [6, 6.07) is 13.3. The van der Waals surface area contributed by atoms with E-state index in [4.69, 9.17) is 4.74 Å². The summed E-state index contributed by atoms with van der Waals surface area (Å²) in [5.41, 5.74) is 0.201. The van der Waals surface area contributed by atoms with Gasteiger partial charge in [-0.2, -0.15) is 35.5 Å². The molecule has 53 heavy (non-hydrogen) atoms. The highest BCUT2D eigenvalue weighted by molar-refractivity contribution is 7.89. The quantitative estimate of drug-likeness (QED) is 0.0769. The lowest BCUT2D eigenvalue weighted by molar-refractivity contribution is 0.202. The van der Waals surface area contributed by atoms with Gasteiger partial charge >= 0.3 is 0 Å². The minimum Gasteiger partial charge on any atom is -0.505 e. The third-order valence-corrected chi connectivity index (χ3v) is 10.9. The van der Waals surface area contributed by atoms with E-state index in [1.807, 2.05) is 0 Å². The Labute approximate surface area is 302 Å². The lowest BCUT2D eigenvalue weighted by Gasteiger charge is -2.12. The van der Waals surface area contributed by atoms with Crippen LogP contribution in [0.5, 0.6) is 11.5 Å². The summed E-state index contributed by atoms with van der Waals surface area (Å²) in [6.45, 7) is 0.889. The second kappa shape index (κ2) is 14.5. The Hall–Kier alpha value is -4.94. The van der Waals surface area contributed by atoms with E-state index >= 15 is 0 Å². The van der Waals surface area contributed by atoms with Crippen LogP contribution in [0.1, 0.15) is 11.1 Å². The van der Waals surface area contributed by atoms with Crippen molar-refractivity contribution in [3.8, 4) is 11.5 Å². The highest BCUT2D eigenvalue weighted by atomic mass is 32.2. The van der Waals surface area contributed by atoms with Crippen molar-refractivity contribution in [2.75, 3.05) is 19.5 Å². The van der Waals surface area contributed by atoms with Gasteiger partial charge in [0.15, 0.2) is 15.6 Å². The first-order valence-corrected chi connectivity index (χ1v) is 21.1. The number of hydrogen-bond donors (Lipinski definition) is 5. The predicted octanol–water partition coefficient (Wildman–Crippen LogP) is 5.49. The molecule has 0 saturated heterocycles. The van der Waals surface area contributed by atoms with Crippen LogP contribution in [-0.2, 0) is 45.9 Å². The Morgan fingerprint density at radius 1 is 0.660 bits per heavy atom. The molecule has 5 N–H and O–H groups in total. The van der Waals surface area contributed by atoms with Crippen molar-refractivity contribution in [3.63, 3.8) is 0 Å². The SMILES string of the molecule is Cc1cc(N=Nc2c(S(=O)(=O)O)cc3cc(CS(C)(=O)=O)ccc3c2O)c(OCCO)cc1N=Nc1ccc2cc(S(=O)(=O)O)cc(S(=O)(=O)O)c2c1. The molecule has 22 heteroatoms. The number of hydrogen-bond acceptors (Lipinski definition) is 15. The van der Waals surface area contributed by atoms with E-state index in [-0.39, 0.29) is 56.7 Å². The van der Waals surface area contributed by atoms with Crippen LogP contribution in [0, 0.1) is 6.92 Å². The molecule has 5 rings (SSSR count). The van der Waals surface area contributed by atoms with Gasteiger partial charge in [0.05, 0.1) is 28.6 Å². The van der Waals surface area contributed by atoms with Crippen LogP contribution in [0.3, 0.4) is 0 Å². The Balaban J connectivity index is 1.57. The normalized spacial score (nSPS) is 13.1. The maximum Gasteiger partial charge on any atom is 0.296 e. The van der Waals surface area contributed by atoms with Gasteiger partial charge in [0.1, 0.15) is 33.5 Å². The summed E-state index contributed by atoms with van der Waals surface area (Å²) >= 11 is 0. The first kappa shape index (κ1) is 39.3. The van der Waals surface area contributed by atoms with E-state index in [1.54, 1.807) is 6.92 Å². The molecule has 0 heterocycles. The van der Waals surface area contributed by atoms with Crippen LogP contribution >= 0.6 is 0 Å². The topological polar surface area (TPSA) is 296 Å². The zero-order chi connectivity index (χ0) is 39.1. The molecule has 0 atom stereocenters. The van der Waals surface area contributed by atoms with Crippen LogP contribution in [0.4, 0.5) is 22.7 Å². The number of benzene rings is 5. The largest absolute Gasteiger partial charge is 0.505 e. The highest BCUT2D eigenvalue weighted by Gasteiger charge is 2.24. The second-order valence-electron chi connectivity index (χ2n) is 11.5. The maximum atomic E-state index is 12.4. The van der Waals surface area contributed by atoms with Crippen LogP contribution < -0.4 is 4.74 Å². The van der Waals surface area contributed by atoms with E-state index in [9.17, 15) is 57.5 Å². The Kier molecular flexibility index (Phi) is 10.7. The van der Waals surface area contributed by atoms with Gasteiger partial charge in [0.2, 0.25) is 0 Å². The van der Waals surface area contributed by atoms with Crippen molar-refractivity contribution in [3.05, 3.63) is 77.9 Å². The summed E-state index contributed by atoms with van der Waals surface area (Å²) in [5, 5.41) is 36.7. The number of azo groups is 2. The molecule has 0 amide bonds. The maximum absolute atomic E-state index is 12.4. The molecule has 0 radical (unpaired) electrons. The van der Waals surface area contributed by atoms with Gasteiger partial charge in [0, 0.05) is 23.1 Å². The fraction of sp³-hybridized carbons (Fsp3) is 0.161. The van der Waals surface area contributed by atoms with E-state index in [0.717, 1.165) is 18.4 Å². The molecule has 0 bridgehead atoms. The van der Waals surface area contributed by atoms with Crippen LogP contribution in [0.15, 0.2) is 102 Å². The molecule has 0 aliphatic rings. The summed E-state index contributed by atoms with van der Waals surface area (Å²) in [7, 11) is -18.3. The smallest absolute Gasteiger partial charge is 0.296 e. The molecular formula is C31H28N4O14S4. The van der Waals surface area contributed by atoms with E-state index in [1.165, 1.54) is 48.5 Å². The minimum atomic E-state index is -5.02. The molecule has 5 aromatic rings. The molecule has 0 aromatic heterocycles. The van der Waals surface area contributed by atoms with Crippen molar-refractivity contribution in [2.45, 2.75) is 27.4 Å². The number of sulfone groups is 1. The van der Waals surface area contributed by atoms with Crippen molar-refractivity contribution < 1.29 is 62.3 Å². The fourth-order valence-corrected chi connectivity index (χ4v) is 7.92. The fourth-order valence-electron chi connectivity index (χ4n) is 5.13. The zero-order valence-electron chi connectivity index (χ0n) is 27.3. The molecule has 0 saturated carbocycles.